The summed E-state index contributed by atoms with van der Waals surface area (Å²) in [6, 6.07) is 4.55. The van der Waals surface area contributed by atoms with Gasteiger partial charge in [-0.2, -0.15) is 0 Å². The molecule has 1 aromatic carbocycles. The van der Waals surface area contributed by atoms with Crippen molar-refractivity contribution in [3.63, 3.8) is 0 Å². The van der Waals surface area contributed by atoms with E-state index in [0.717, 1.165) is 0 Å². The number of amides is 1. The van der Waals surface area contributed by atoms with Gasteiger partial charge in [0, 0.05) is 25.7 Å². The number of halogens is 1. The van der Waals surface area contributed by atoms with Crippen LogP contribution in [0.3, 0.4) is 0 Å². The molecule has 1 aromatic rings. The molecule has 0 spiro atoms. The Kier molecular flexibility index (Phi) is 3.43. The number of carbonyl (C=O) groups is 2. The number of hydrogen-bond acceptors (Lipinski definition) is 4. The van der Waals surface area contributed by atoms with E-state index in [9.17, 15) is 9.59 Å². The second-order valence-corrected chi connectivity index (χ2v) is 4.59. The lowest BCUT2D eigenvalue weighted by Crippen LogP contribution is -2.29. The van der Waals surface area contributed by atoms with Gasteiger partial charge in [0.25, 0.3) is 5.91 Å². The molecule has 2 rings (SSSR count). The molecule has 18 heavy (non-hydrogen) atoms. The third kappa shape index (κ3) is 2.41. The average molecular weight is 269 g/mol. The molecular formula is C12H13ClN2O3. The molecule has 1 aliphatic rings. The van der Waals surface area contributed by atoms with E-state index < -0.39 is 12.1 Å². The minimum Gasteiger partial charge on any atom is -0.449 e. The summed E-state index contributed by atoms with van der Waals surface area (Å²) >= 11 is 5.89. The summed E-state index contributed by atoms with van der Waals surface area (Å²) in [6.07, 6.45) is -0.221. The average Bonchev–Trinajstić information content (AvgIpc) is 2.64. The molecule has 1 unspecified atom stereocenters. The van der Waals surface area contributed by atoms with Crippen molar-refractivity contribution in [2.75, 3.05) is 19.3 Å². The molecule has 0 radical (unpaired) electrons. The van der Waals surface area contributed by atoms with Gasteiger partial charge in [-0.25, -0.2) is 4.79 Å². The molecule has 1 saturated heterocycles. The van der Waals surface area contributed by atoms with Gasteiger partial charge in [0.1, 0.15) is 0 Å². The van der Waals surface area contributed by atoms with Crippen molar-refractivity contribution < 1.29 is 14.3 Å². The lowest BCUT2D eigenvalue weighted by atomic mass is 10.2. The molecule has 5 nitrogen and oxygen atoms in total. The number of likely N-dealkylation sites (N-methyl/N-ethyl adjacent to an activating group) is 1. The van der Waals surface area contributed by atoms with Crippen molar-refractivity contribution in [3.8, 4) is 0 Å². The van der Waals surface area contributed by atoms with Crippen LogP contribution < -0.4 is 5.73 Å². The van der Waals surface area contributed by atoms with Crippen LogP contribution in [-0.2, 0) is 9.53 Å². The normalized spacial score (nSPS) is 19.1. The van der Waals surface area contributed by atoms with Gasteiger partial charge in [0.2, 0.25) is 0 Å². The summed E-state index contributed by atoms with van der Waals surface area (Å²) < 4.78 is 5.15. The number of carbonyl (C=O) groups excluding carboxylic acids is 2. The molecule has 96 valence electrons. The highest BCUT2D eigenvalue weighted by Crippen LogP contribution is 2.22. The maximum atomic E-state index is 11.9. The van der Waals surface area contributed by atoms with Crippen LogP contribution in [0.25, 0.3) is 0 Å². The van der Waals surface area contributed by atoms with E-state index in [2.05, 4.69) is 0 Å². The van der Waals surface area contributed by atoms with E-state index in [-0.39, 0.29) is 16.5 Å². The smallest absolute Gasteiger partial charge is 0.340 e. The van der Waals surface area contributed by atoms with Crippen LogP contribution in [0.5, 0.6) is 0 Å². The molecule has 0 aliphatic carbocycles. The molecule has 1 heterocycles. The summed E-state index contributed by atoms with van der Waals surface area (Å²) in [5, 5.41) is 0.257. The molecule has 0 saturated carbocycles. The zero-order chi connectivity index (χ0) is 13.3. The summed E-state index contributed by atoms with van der Waals surface area (Å²) in [7, 11) is 1.67. The standard InChI is InChI=1S/C12H13ClN2O3/c1-15-5-4-10(11(15)16)18-12(17)8-6-7(14)2-3-9(8)13/h2-3,6,10H,4-5,14H2,1H3. The van der Waals surface area contributed by atoms with Crippen LogP contribution in [0.4, 0.5) is 5.69 Å². The highest BCUT2D eigenvalue weighted by molar-refractivity contribution is 6.33. The number of nitrogens with two attached hydrogens (primary N) is 1. The van der Waals surface area contributed by atoms with E-state index in [1.165, 1.54) is 17.0 Å². The topological polar surface area (TPSA) is 72.6 Å². The second kappa shape index (κ2) is 4.86. The van der Waals surface area contributed by atoms with Crippen molar-refractivity contribution in [3.05, 3.63) is 28.8 Å². The third-order valence-corrected chi connectivity index (χ3v) is 3.17. The number of ether oxygens (including phenoxy) is 1. The predicted molar refractivity (Wildman–Crippen MR) is 67.3 cm³/mol. The first-order valence-corrected chi connectivity index (χ1v) is 5.88. The van der Waals surface area contributed by atoms with Gasteiger partial charge in [-0.15, -0.1) is 0 Å². The van der Waals surface area contributed by atoms with Crippen LogP contribution in [0.1, 0.15) is 16.8 Å². The Balaban J connectivity index is 2.13. The summed E-state index contributed by atoms with van der Waals surface area (Å²) in [5.41, 5.74) is 6.18. The molecule has 1 atom stereocenters. The number of nitrogens with zero attached hydrogens (tertiary/aromatic N) is 1. The molecule has 1 aliphatic heterocycles. The number of hydrogen-bond donors (Lipinski definition) is 1. The summed E-state index contributed by atoms with van der Waals surface area (Å²) in [5.74, 6) is -0.815. The van der Waals surface area contributed by atoms with Crippen LogP contribution in [0.15, 0.2) is 18.2 Å². The minimum atomic E-state index is -0.722. The predicted octanol–water partition coefficient (Wildman–Crippen LogP) is 1.31. The molecule has 0 aromatic heterocycles. The van der Waals surface area contributed by atoms with Gasteiger partial charge < -0.3 is 15.4 Å². The number of anilines is 1. The fraction of sp³-hybridized carbons (Fsp3) is 0.333. The fourth-order valence-electron chi connectivity index (χ4n) is 1.79. The largest absolute Gasteiger partial charge is 0.449 e. The van der Waals surface area contributed by atoms with Crippen LogP contribution in [-0.4, -0.2) is 36.5 Å². The lowest BCUT2D eigenvalue weighted by molar-refractivity contribution is -0.133. The van der Waals surface area contributed by atoms with Gasteiger partial charge in [-0.3, -0.25) is 4.79 Å². The fourth-order valence-corrected chi connectivity index (χ4v) is 1.99. The highest BCUT2D eigenvalue weighted by Gasteiger charge is 2.32. The third-order valence-electron chi connectivity index (χ3n) is 2.84. The van der Waals surface area contributed by atoms with Gasteiger partial charge in [0.15, 0.2) is 6.10 Å². The molecule has 0 bridgehead atoms. The summed E-state index contributed by atoms with van der Waals surface area (Å²) in [4.78, 5) is 25.0. The Morgan fingerprint density at radius 2 is 2.28 bits per heavy atom. The van der Waals surface area contributed by atoms with Crippen molar-refractivity contribution in [1.82, 2.24) is 4.90 Å². The Morgan fingerprint density at radius 3 is 2.89 bits per heavy atom. The SMILES string of the molecule is CN1CCC(OC(=O)c2cc(N)ccc2Cl)C1=O. The van der Waals surface area contributed by atoms with Crippen molar-refractivity contribution in [2.45, 2.75) is 12.5 Å². The van der Waals surface area contributed by atoms with Gasteiger partial charge in [0.05, 0.1) is 10.6 Å². The monoisotopic (exact) mass is 268 g/mol. The number of rotatable bonds is 2. The van der Waals surface area contributed by atoms with Crippen molar-refractivity contribution in [2.24, 2.45) is 0 Å². The minimum absolute atomic E-state index is 0.180. The molecule has 6 heteroatoms. The number of benzene rings is 1. The van der Waals surface area contributed by atoms with E-state index in [4.69, 9.17) is 22.1 Å². The second-order valence-electron chi connectivity index (χ2n) is 4.18. The van der Waals surface area contributed by atoms with E-state index in [1.807, 2.05) is 0 Å². The van der Waals surface area contributed by atoms with Gasteiger partial charge in [-0.1, -0.05) is 11.6 Å². The molecule has 1 amide bonds. The Labute approximate surface area is 109 Å². The maximum absolute atomic E-state index is 11.9. The molecular weight excluding hydrogens is 256 g/mol. The van der Waals surface area contributed by atoms with Crippen LogP contribution in [0, 0.1) is 0 Å². The number of esters is 1. The van der Waals surface area contributed by atoms with Gasteiger partial charge in [-0.05, 0) is 18.2 Å². The first-order chi connectivity index (χ1) is 8.49. The van der Waals surface area contributed by atoms with E-state index in [0.29, 0.717) is 18.7 Å². The highest BCUT2D eigenvalue weighted by atomic mass is 35.5. The quantitative estimate of drug-likeness (QED) is 0.648. The van der Waals surface area contributed by atoms with E-state index >= 15 is 0 Å². The maximum Gasteiger partial charge on any atom is 0.340 e. The Bertz CT molecular complexity index is 504. The van der Waals surface area contributed by atoms with Crippen molar-refractivity contribution >= 4 is 29.2 Å². The van der Waals surface area contributed by atoms with E-state index in [1.54, 1.807) is 13.1 Å². The Hall–Kier alpha value is -1.75. The van der Waals surface area contributed by atoms with Crippen LogP contribution in [0.2, 0.25) is 5.02 Å². The van der Waals surface area contributed by atoms with Crippen molar-refractivity contribution in [1.29, 1.82) is 0 Å². The molecule has 2 N–H and O–H groups in total. The summed E-state index contributed by atoms with van der Waals surface area (Å²) in [6.45, 7) is 0.585. The van der Waals surface area contributed by atoms with Gasteiger partial charge >= 0.3 is 5.97 Å². The first kappa shape index (κ1) is 12.7. The Morgan fingerprint density at radius 1 is 1.56 bits per heavy atom. The lowest BCUT2D eigenvalue weighted by Gasteiger charge is -2.12. The zero-order valence-corrected chi connectivity index (χ0v) is 10.6. The zero-order valence-electron chi connectivity index (χ0n) is 9.85. The number of nitrogen functional groups attached to an aromatic ring is 1. The van der Waals surface area contributed by atoms with Crippen LogP contribution >= 0.6 is 11.6 Å². The number of likely N-dealkylation sites (tertiary alicyclic amines) is 1. The first-order valence-electron chi connectivity index (χ1n) is 5.50. The molecule has 1 fully saturated rings.